The quantitative estimate of drug-likeness (QED) is 0.579. The van der Waals surface area contributed by atoms with Crippen LogP contribution in [-0.4, -0.2) is 0 Å². The van der Waals surface area contributed by atoms with E-state index in [4.69, 9.17) is 0 Å². The smallest absolute Gasteiger partial charge is 0.0461 e. The van der Waals surface area contributed by atoms with Crippen LogP contribution in [-0.2, 0) is 0 Å². The van der Waals surface area contributed by atoms with Gasteiger partial charge in [-0.3, -0.25) is 0 Å². The van der Waals surface area contributed by atoms with Crippen molar-refractivity contribution in [3.63, 3.8) is 0 Å². The molecule has 0 heterocycles. The van der Waals surface area contributed by atoms with Gasteiger partial charge < -0.3 is 4.90 Å². The molecule has 0 aromatic heterocycles. The summed E-state index contributed by atoms with van der Waals surface area (Å²) in [5.41, 5.74) is 7.95. The van der Waals surface area contributed by atoms with Crippen LogP contribution in [0.3, 0.4) is 0 Å². The SMILES string of the molecule is CC.CC1=CC(N(c2ccccc2)c2ccc(C)cc2)=C(C)CC1. The summed E-state index contributed by atoms with van der Waals surface area (Å²) in [4.78, 5) is 2.37. The molecule has 0 unspecified atom stereocenters. The third kappa shape index (κ3) is 4.17. The molecule has 2 aromatic rings. The van der Waals surface area contributed by atoms with Crippen molar-refractivity contribution in [1.82, 2.24) is 0 Å². The number of hydrogen-bond acceptors (Lipinski definition) is 1. The molecule has 0 saturated carbocycles. The highest BCUT2D eigenvalue weighted by Crippen LogP contribution is 2.35. The van der Waals surface area contributed by atoms with Crippen LogP contribution in [0, 0.1) is 6.92 Å². The van der Waals surface area contributed by atoms with Crippen LogP contribution in [0.2, 0.25) is 0 Å². The fourth-order valence-electron chi connectivity index (χ4n) is 2.90. The van der Waals surface area contributed by atoms with Crippen LogP contribution in [0.5, 0.6) is 0 Å². The second-order valence-electron chi connectivity index (χ2n) is 6.16. The predicted molar refractivity (Wildman–Crippen MR) is 107 cm³/mol. The summed E-state index contributed by atoms with van der Waals surface area (Å²) in [6, 6.07) is 19.4. The largest absolute Gasteiger partial charge is 0.311 e. The summed E-state index contributed by atoms with van der Waals surface area (Å²) in [5, 5.41) is 0. The van der Waals surface area contributed by atoms with Crippen LogP contribution in [0.25, 0.3) is 0 Å². The summed E-state index contributed by atoms with van der Waals surface area (Å²) in [6.07, 6.45) is 4.66. The molecule has 0 amide bonds. The molecular formula is C23H29N. The van der Waals surface area contributed by atoms with Gasteiger partial charge in [0.2, 0.25) is 0 Å². The van der Waals surface area contributed by atoms with Crippen molar-refractivity contribution in [3.8, 4) is 0 Å². The van der Waals surface area contributed by atoms with E-state index in [9.17, 15) is 0 Å². The van der Waals surface area contributed by atoms with Crippen molar-refractivity contribution in [1.29, 1.82) is 0 Å². The Morgan fingerprint density at radius 3 is 1.92 bits per heavy atom. The maximum Gasteiger partial charge on any atom is 0.0461 e. The van der Waals surface area contributed by atoms with Gasteiger partial charge in [0.1, 0.15) is 0 Å². The highest BCUT2D eigenvalue weighted by molar-refractivity contribution is 5.71. The molecule has 0 fully saturated rings. The number of benzene rings is 2. The van der Waals surface area contributed by atoms with E-state index in [1.165, 1.54) is 40.2 Å². The van der Waals surface area contributed by atoms with Crippen molar-refractivity contribution in [2.24, 2.45) is 0 Å². The van der Waals surface area contributed by atoms with E-state index in [0.29, 0.717) is 0 Å². The highest BCUT2D eigenvalue weighted by Gasteiger charge is 2.18. The predicted octanol–water partition coefficient (Wildman–Crippen LogP) is 7.17. The van der Waals surface area contributed by atoms with Gasteiger partial charge in [0.05, 0.1) is 0 Å². The van der Waals surface area contributed by atoms with E-state index in [-0.39, 0.29) is 0 Å². The Morgan fingerprint density at radius 1 is 0.708 bits per heavy atom. The average Bonchev–Trinajstić information content (AvgIpc) is 2.62. The fourth-order valence-corrected chi connectivity index (χ4v) is 2.90. The van der Waals surface area contributed by atoms with E-state index in [0.717, 1.165) is 6.42 Å². The summed E-state index contributed by atoms with van der Waals surface area (Å²) < 4.78 is 0. The molecule has 1 aliphatic rings. The van der Waals surface area contributed by atoms with Crippen molar-refractivity contribution in [2.45, 2.75) is 47.5 Å². The number of nitrogens with zero attached hydrogens (tertiary/aromatic N) is 1. The second kappa shape index (κ2) is 8.54. The summed E-state index contributed by atoms with van der Waals surface area (Å²) in [6.45, 7) is 10.6. The third-order valence-corrected chi connectivity index (χ3v) is 4.26. The average molecular weight is 319 g/mol. The number of rotatable bonds is 3. The highest BCUT2D eigenvalue weighted by atomic mass is 15.1. The van der Waals surface area contributed by atoms with Crippen LogP contribution < -0.4 is 4.90 Å². The Bertz CT molecular complexity index is 705. The van der Waals surface area contributed by atoms with Crippen molar-refractivity contribution >= 4 is 11.4 Å². The molecule has 0 bridgehead atoms. The molecule has 0 saturated heterocycles. The normalized spacial score (nSPS) is 13.8. The topological polar surface area (TPSA) is 3.24 Å². The lowest BCUT2D eigenvalue weighted by Crippen LogP contribution is -2.18. The van der Waals surface area contributed by atoms with E-state index in [2.05, 4.69) is 86.3 Å². The Labute approximate surface area is 147 Å². The summed E-state index contributed by atoms with van der Waals surface area (Å²) >= 11 is 0. The van der Waals surface area contributed by atoms with Crippen LogP contribution >= 0.6 is 0 Å². The Hall–Kier alpha value is -2.28. The van der Waals surface area contributed by atoms with Crippen molar-refractivity contribution < 1.29 is 0 Å². The first kappa shape index (κ1) is 18.1. The van der Waals surface area contributed by atoms with E-state index in [1.54, 1.807) is 0 Å². The van der Waals surface area contributed by atoms with Crippen molar-refractivity contribution in [2.75, 3.05) is 4.90 Å². The van der Waals surface area contributed by atoms with Gasteiger partial charge in [-0.05, 0) is 69.5 Å². The second-order valence-corrected chi connectivity index (χ2v) is 6.16. The standard InChI is InChI=1S/C21H23N.C2H6/c1-16-10-13-20(14-11-16)22(19-7-5-4-6-8-19)21-15-17(2)9-12-18(21)3;1-2/h4-8,10-11,13-15H,9,12H2,1-3H3;1-2H3. The first-order valence-electron chi connectivity index (χ1n) is 8.94. The number of para-hydroxylation sites is 1. The molecule has 2 aromatic carbocycles. The van der Waals surface area contributed by atoms with Crippen molar-refractivity contribution in [3.05, 3.63) is 83.1 Å². The minimum Gasteiger partial charge on any atom is -0.311 e. The van der Waals surface area contributed by atoms with Gasteiger partial charge in [-0.15, -0.1) is 0 Å². The first-order chi connectivity index (χ1) is 11.6. The lowest BCUT2D eigenvalue weighted by Gasteiger charge is -2.30. The van der Waals surface area contributed by atoms with Crippen LogP contribution in [0.4, 0.5) is 11.4 Å². The molecule has 1 heteroatoms. The lowest BCUT2D eigenvalue weighted by atomic mass is 9.96. The molecule has 24 heavy (non-hydrogen) atoms. The molecule has 1 nitrogen and oxygen atoms in total. The molecule has 3 rings (SSSR count). The molecular weight excluding hydrogens is 290 g/mol. The lowest BCUT2D eigenvalue weighted by molar-refractivity contribution is 0.875. The Kier molecular flexibility index (Phi) is 6.43. The minimum atomic E-state index is 1.15. The Balaban J connectivity index is 0.00000100. The van der Waals surface area contributed by atoms with E-state index >= 15 is 0 Å². The fraction of sp³-hybridized carbons (Fsp3) is 0.304. The van der Waals surface area contributed by atoms with Gasteiger partial charge in [-0.25, -0.2) is 0 Å². The molecule has 0 radical (unpaired) electrons. The first-order valence-corrected chi connectivity index (χ1v) is 8.94. The van der Waals surface area contributed by atoms with Gasteiger partial charge in [-0.1, -0.05) is 55.3 Å². The van der Waals surface area contributed by atoms with E-state index in [1.807, 2.05) is 13.8 Å². The monoisotopic (exact) mass is 319 g/mol. The minimum absolute atomic E-state index is 1.15. The molecule has 1 aliphatic carbocycles. The maximum atomic E-state index is 2.37. The zero-order valence-corrected chi connectivity index (χ0v) is 15.6. The zero-order chi connectivity index (χ0) is 17.5. The summed E-state index contributed by atoms with van der Waals surface area (Å²) in [7, 11) is 0. The summed E-state index contributed by atoms with van der Waals surface area (Å²) in [5.74, 6) is 0. The van der Waals surface area contributed by atoms with Gasteiger partial charge in [0.15, 0.2) is 0 Å². The number of allylic oxidation sites excluding steroid dienone is 3. The van der Waals surface area contributed by atoms with E-state index < -0.39 is 0 Å². The molecule has 0 spiro atoms. The molecule has 0 aliphatic heterocycles. The number of hydrogen-bond donors (Lipinski definition) is 0. The van der Waals surface area contributed by atoms with Crippen LogP contribution in [0.15, 0.2) is 77.5 Å². The maximum absolute atomic E-state index is 2.37. The zero-order valence-electron chi connectivity index (χ0n) is 15.6. The van der Waals surface area contributed by atoms with Crippen LogP contribution in [0.1, 0.15) is 46.1 Å². The van der Waals surface area contributed by atoms with Gasteiger partial charge in [-0.2, -0.15) is 0 Å². The van der Waals surface area contributed by atoms with Gasteiger partial charge >= 0.3 is 0 Å². The third-order valence-electron chi connectivity index (χ3n) is 4.26. The molecule has 126 valence electrons. The molecule has 0 N–H and O–H groups in total. The number of aryl methyl sites for hydroxylation is 1. The molecule has 0 atom stereocenters. The number of anilines is 2. The van der Waals surface area contributed by atoms with Gasteiger partial charge in [0, 0.05) is 17.1 Å². The van der Waals surface area contributed by atoms with Gasteiger partial charge in [0.25, 0.3) is 0 Å². The Morgan fingerprint density at radius 2 is 1.29 bits per heavy atom.